The van der Waals surface area contributed by atoms with E-state index in [9.17, 15) is 5.11 Å². The Kier molecular flexibility index (Phi) is 7.07. The number of nitrogens with zero attached hydrogens (tertiary/aromatic N) is 4. The van der Waals surface area contributed by atoms with Gasteiger partial charge in [0.2, 0.25) is 0 Å². The summed E-state index contributed by atoms with van der Waals surface area (Å²) in [6.45, 7) is 8.02. The molecule has 3 fully saturated rings. The Bertz CT molecular complexity index is 1050. The van der Waals surface area contributed by atoms with Crippen LogP contribution in [0.5, 0.6) is 5.75 Å². The van der Waals surface area contributed by atoms with Gasteiger partial charge in [-0.25, -0.2) is 9.97 Å². The zero-order valence-electron chi connectivity index (χ0n) is 20.5. The van der Waals surface area contributed by atoms with Crippen molar-refractivity contribution in [2.45, 2.75) is 70.3 Å². The maximum atomic E-state index is 10.3. The lowest BCUT2D eigenvalue weighted by Gasteiger charge is -2.48. The van der Waals surface area contributed by atoms with E-state index in [4.69, 9.17) is 14.7 Å². The Balaban J connectivity index is 1.59. The van der Waals surface area contributed by atoms with Gasteiger partial charge in [-0.15, -0.1) is 0 Å². The smallest absolute Gasteiger partial charge is 0.161 e. The Hall–Kier alpha value is -0.710. The lowest BCUT2D eigenvalue weighted by Crippen LogP contribution is -2.44. The van der Waals surface area contributed by atoms with Crippen molar-refractivity contribution in [3.05, 3.63) is 19.9 Å². The fraction of sp³-hybridized carbons (Fsp3) is 0.692. The molecule has 3 aliphatic rings. The van der Waals surface area contributed by atoms with Crippen LogP contribution in [-0.2, 0) is 0 Å². The van der Waals surface area contributed by atoms with Gasteiger partial charge in [0.1, 0.15) is 23.8 Å². The van der Waals surface area contributed by atoms with E-state index in [1.54, 1.807) is 13.8 Å². The SMILES string of the molecule is CN1CCC(c2nc(N3CCC4(CCC4)CC3)c3cc(I)c(Br)c(OCC(C)(C)O)c3n2)CC1. The summed E-state index contributed by atoms with van der Waals surface area (Å²) in [7, 11) is 2.19. The molecule has 0 unspecified atom stereocenters. The Morgan fingerprint density at radius 3 is 2.41 bits per heavy atom. The molecule has 1 saturated carbocycles. The highest BCUT2D eigenvalue weighted by molar-refractivity contribution is 14.1. The number of hydrogen-bond donors (Lipinski definition) is 1. The monoisotopic (exact) mass is 642 g/mol. The fourth-order valence-corrected chi connectivity index (χ4v) is 6.60. The van der Waals surface area contributed by atoms with Crippen LogP contribution in [0.15, 0.2) is 10.5 Å². The van der Waals surface area contributed by atoms with E-state index in [2.05, 4.69) is 61.4 Å². The van der Waals surface area contributed by atoms with Gasteiger partial charge in [0, 0.05) is 28.0 Å². The normalized spacial score (nSPS) is 21.8. The molecule has 5 rings (SSSR count). The molecule has 0 amide bonds. The number of benzene rings is 1. The number of aliphatic hydroxyl groups is 1. The minimum absolute atomic E-state index is 0.204. The summed E-state index contributed by atoms with van der Waals surface area (Å²) in [5, 5.41) is 11.4. The molecule has 3 heterocycles. The van der Waals surface area contributed by atoms with Crippen LogP contribution in [0.3, 0.4) is 0 Å². The van der Waals surface area contributed by atoms with Crippen molar-refractivity contribution in [1.82, 2.24) is 14.9 Å². The predicted octanol–water partition coefficient (Wildman–Crippen LogP) is 5.73. The Labute approximate surface area is 225 Å². The molecular formula is C26H36BrIN4O2. The second-order valence-electron chi connectivity index (χ2n) is 11.3. The van der Waals surface area contributed by atoms with Gasteiger partial charge in [-0.3, -0.25) is 0 Å². The third-order valence-corrected chi connectivity index (χ3v) is 10.4. The summed E-state index contributed by atoms with van der Waals surface area (Å²) in [5.74, 6) is 3.09. The summed E-state index contributed by atoms with van der Waals surface area (Å²) in [5.41, 5.74) is 0.525. The van der Waals surface area contributed by atoms with Gasteiger partial charge >= 0.3 is 0 Å². The second kappa shape index (κ2) is 9.63. The van der Waals surface area contributed by atoms with Gasteiger partial charge in [0.05, 0.1) is 10.1 Å². The molecule has 0 radical (unpaired) electrons. The fourth-order valence-electron chi connectivity index (χ4n) is 5.62. The number of hydrogen-bond acceptors (Lipinski definition) is 6. The van der Waals surface area contributed by atoms with Crippen LogP contribution in [0.4, 0.5) is 5.82 Å². The highest BCUT2D eigenvalue weighted by Crippen LogP contribution is 2.50. The average molecular weight is 643 g/mol. The summed E-state index contributed by atoms with van der Waals surface area (Å²) in [6, 6.07) is 2.19. The molecular weight excluding hydrogens is 607 g/mol. The topological polar surface area (TPSA) is 61.7 Å². The number of ether oxygens (including phenoxy) is 1. The number of piperidine rings is 2. The standard InChI is InChI=1S/C26H36BrIN4O2/c1-25(2,33)16-34-22-20(27)19(28)15-18-21(22)29-23(17-5-11-31(3)12-6-17)30-24(18)32-13-9-26(10-14-32)7-4-8-26/h15,17,33H,4-14,16H2,1-3H3. The molecule has 1 spiro atoms. The number of rotatable bonds is 5. The van der Waals surface area contributed by atoms with E-state index >= 15 is 0 Å². The second-order valence-corrected chi connectivity index (χ2v) is 13.3. The first kappa shape index (κ1) is 25.0. The molecule has 2 aromatic rings. The van der Waals surface area contributed by atoms with Crippen LogP contribution >= 0.6 is 38.5 Å². The third kappa shape index (κ3) is 5.06. The van der Waals surface area contributed by atoms with Crippen LogP contribution in [0.25, 0.3) is 10.9 Å². The van der Waals surface area contributed by atoms with Gasteiger partial charge < -0.3 is 19.6 Å². The van der Waals surface area contributed by atoms with E-state index in [1.807, 2.05) is 0 Å². The van der Waals surface area contributed by atoms with Crippen LogP contribution in [0.1, 0.15) is 70.5 Å². The number of aromatic nitrogens is 2. The van der Waals surface area contributed by atoms with Crippen molar-refractivity contribution in [3.63, 3.8) is 0 Å². The van der Waals surface area contributed by atoms with E-state index in [0.29, 0.717) is 17.1 Å². The molecule has 0 bridgehead atoms. The maximum absolute atomic E-state index is 10.3. The molecule has 1 N–H and O–H groups in total. The number of fused-ring (bicyclic) bond motifs is 1. The molecule has 2 aliphatic heterocycles. The zero-order chi connectivity index (χ0) is 24.1. The van der Waals surface area contributed by atoms with Crippen molar-refractivity contribution in [2.75, 3.05) is 44.7 Å². The highest BCUT2D eigenvalue weighted by Gasteiger charge is 2.40. The van der Waals surface area contributed by atoms with E-state index in [-0.39, 0.29) is 6.61 Å². The first-order valence-corrected chi connectivity index (χ1v) is 14.5. The summed E-state index contributed by atoms with van der Waals surface area (Å²) >= 11 is 6.11. The molecule has 1 aromatic heterocycles. The summed E-state index contributed by atoms with van der Waals surface area (Å²) in [4.78, 5) is 15.3. The molecule has 1 aliphatic carbocycles. The van der Waals surface area contributed by atoms with Gasteiger partial charge in [0.25, 0.3) is 0 Å². The quantitative estimate of drug-likeness (QED) is 0.421. The molecule has 1 aromatic carbocycles. The highest BCUT2D eigenvalue weighted by atomic mass is 127. The predicted molar refractivity (Wildman–Crippen MR) is 149 cm³/mol. The summed E-state index contributed by atoms with van der Waals surface area (Å²) in [6.07, 6.45) is 8.87. The maximum Gasteiger partial charge on any atom is 0.161 e. The molecule has 6 nitrogen and oxygen atoms in total. The minimum Gasteiger partial charge on any atom is -0.487 e. The largest absolute Gasteiger partial charge is 0.487 e. The van der Waals surface area contributed by atoms with E-state index in [0.717, 1.165) is 69.6 Å². The van der Waals surface area contributed by atoms with Crippen LogP contribution in [0.2, 0.25) is 0 Å². The van der Waals surface area contributed by atoms with Crippen LogP contribution < -0.4 is 9.64 Å². The lowest BCUT2D eigenvalue weighted by atomic mass is 9.63. The van der Waals surface area contributed by atoms with Crippen LogP contribution in [-0.4, -0.2) is 65.4 Å². The Morgan fingerprint density at radius 2 is 1.82 bits per heavy atom. The average Bonchev–Trinajstić information content (AvgIpc) is 2.78. The zero-order valence-corrected chi connectivity index (χ0v) is 24.3. The number of halogens is 2. The molecule has 2 saturated heterocycles. The molecule has 186 valence electrons. The van der Waals surface area contributed by atoms with E-state index in [1.165, 1.54) is 32.1 Å². The first-order valence-electron chi connectivity index (χ1n) is 12.6. The molecule has 34 heavy (non-hydrogen) atoms. The van der Waals surface area contributed by atoms with Crippen LogP contribution in [0, 0.1) is 8.99 Å². The lowest BCUT2D eigenvalue weighted by molar-refractivity contribution is 0.0287. The van der Waals surface area contributed by atoms with Crippen molar-refractivity contribution in [2.24, 2.45) is 5.41 Å². The first-order chi connectivity index (χ1) is 16.1. The third-order valence-electron chi connectivity index (χ3n) is 8.03. The van der Waals surface area contributed by atoms with Gasteiger partial charge in [-0.05, 0) is 123 Å². The van der Waals surface area contributed by atoms with Crippen molar-refractivity contribution in [1.29, 1.82) is 0 Å². The van der Waals surface area contributed by atoms with Gasteiger partial charge in [-0.2, -0.15) is 0 Å². The number of anilines is 1. The summed E-state index contributed by atoms with van der Waals surface area (Å²) < 4.78 is 8.21. The molecule has 0 atom stereocenters. The van der Waals surface area contributed by atoms with E-state index < -0.39 is 5.60 Å². The van der Waals surface area contributed by atoms with Crippen molar-refractivity contribution < 1.29 is 9.84 Å². The molecule has 8 heteroatoms. The number of likely N-dealkylation sites (tertiary alicyclic amines) is 1. The Morgan fingerprint density at radius 1 is 1.15 bits per heavy atom. The van der Waals surface area contributed by atoms with Crippen molar-refractivity contribution >= 4 is 55.2 Å². The van der Waals surface area contributed by atoms with Crippen molar-refractivity contribution in [3.8, 4) is 5.75 Å². The minimum atomic E-state index is -0.927. The van der Waals surface area contributed by atoms with Gasteiger partial charge in [-0.1, -0.05) is 6.42 Å². The van der Waals surface area contributed by atoms with Gasteiger partial charge in [0.15, 0.2) is 5.75 Å².